The third-order valence-corrected chi connectivity index (χ3v) is 3.02. The number of carboxylic acids is 1. The van der Waals surface area contributed by atoms with E-state index in [0.29, 0.717) is 11.1 Å². The van der Waals surface area contributed by atoms with Gasteiger partial charge < -0.3 is 5.11 Å². The number of carboxylic acid groups (broad SMARTS) is 1. The van der Waals surface area contributed by atoms with Crippen LogP contribution in [0.2, 0.25) is 10.0 Å². The lowest BCUT2D eigenvalue weighted by atomic mass is 10.0. The summed E-state index contributed by atoms with van der Waals surface area (Å²) >= 11 is 12.0. The molecule has 0 spiro atoms. The smallest absolute Gasteiger partial charge is 0.335 e. The Balaban J connectivity index is 2.58. The van der Waals surface area contributed by atoms with Crippen LogP contribution in [0.1, 0.15) is 10.4 Å². The number of carbonyl (C=O) groups is 1. The van der Waals surface area contributed by atoms with Crippen molar-refractivity contribution in [2.45, 2.75) is 0 Å². The molecule has 0 saturated carbocycles. The molecule has 0 saturated heterocycles. The summed E-state index contributed by atoms with van der Waals surface area (Å²) in [4.78, 5) is 10.8. The molecule has 2 aromatic carbocycles. The van der Waals surface area contributed by atoms with Crippen LogP contribution in [0.4, 0.5) is 4.39 Å². The van der Waals surface area contributed by atoms with Crippen LogP contribution < -0.4 is 0 Å². The third-order valence-electron chi connectivity index (χ3n) is 2.42. The highest BCUT2D eigenvalue weighted by Gasteiger charge is 2.13. The van der Waals surface area contributed by atoms with Crippen molar-refractivity contribution in [3.63, 3.8) is 0 Å². The molecule has 0 heterocycles. The normalized spacial score (nSPS) is 10.4. The number of rotatable bonds is 2. The highest BCUT2D eigenvalue weighted by atomic mass is 35.5. The van der Waals surface area contributed by atoms with E-state index in [1.54, 1.807) is 0 Å². The molecule has 0 radical (unpaired) electrons. The summed E-state index contributed by atoms with van der Waals surface area (Å²) < 4.78 is 12.8. The molecule has 0 aliphatic heterocycles. The van der Waals surface area contributed by atoms with Crippen LogP contribution >= 0.6 is 23.2 Å². The molecule has 0 fully saturated rings. The number of aromatic carboxylic acids is 1. The monoisotopic (exact) mass is 284 g/mol. The van der Waals surface area contributed by atoms with E-state index in [4.69, 9.17) is 28.3 Å². The molecule has 2 nitrogen and oxygen atoms in total. The largest absolute Gasteiger partial charge is 0.478 e. The van der Waals surface area contributed by atoms with Gasteiger partial charge in [0, 0.05) is 5.56 Å². The van der Waals surface area contributed by atoms with E-state index in [9.17, 15) is 9.18 Å². The Morgan fingerprint density at radius 2 is 1.56 bits per heavy atom. The maximum Gasteiger partial charge on any atom is 0.335 e. The van der Waals surface area contributed by atoms with Crippen molar-refractivity contribution in [3.05, 3.63) is 57.8 Å². The van der Waals surface area contributed by atoms with E-state index in [-0.39, 0.29) is 21.4 Å². The van der Waals surface area contributed by atoms with E-state index in [1.807, 2.05) is 0 Å². The average Bonchev–Trinajstić information content (AvgIpc) is 2.30. The van der Waals surface area contributed by atoms with Crippen molar-refractivity contribution in [3.8, 4) is 11.1 Å². The summed E-state index contributed by atoms with van der Waals surface area (Å²) in [6, 6.07) is 8.26. The van der Waals surface area contributed by atoms with Crippen molar-refractivity contribution in [1.29, 1.82) is 0 Å². The van der Waals surface area contributed by atoms with Gasteiger partial charge in [0.05, 0.1) is 15.6 Å². The first-order valence-corrected chi connectivity index (χ1v) is 5.73. The molecule has 2 aromatic rings. The fraction of sp³-hybridized carbons (Fsp3) is 0. The molecule has 0 aliphatic rings. The number of hydrogen-bond acceptors (Lipinski definition) is 1. The zero-order valence-corrected chi connectivity index (χ0v) is 10.5. The van der Waals surface area contributed by atoms with Crippen LogP contribution in [0, 0.1) is 5.82 Å². The van der Waals surface area contributed by atoms with Gasteiger partial charge in [0.2, 0.25) is 0 Å². The molecule has 18 heavy (non-hydrogen) atoms. The van der Waals surface area contributed by atoms with Crippen LogP contribution in [0.25, 0.3) is 11.1 Å². The van der Waals surface area contributed by atoms with E-state index < -0.39 is 5.97 Å². The topological polar surface area (TPSA) is 37.3 Å². The second-order valence-electron chi connectivity index (χ2n) is 3.63. The molecule has 92 valence electrons. The van der Waals surface area contributed by atoms with Gasteiger partial charge in [-0.3, -0.25) is 0 Å². The number of hydrogen-bond donors (Lipinski definition) is 1. The second-order valence-corrected chi connectivity index (χ2v) is 4.44. The minimum atomic E-state index is -1.11. The van der Waals surface area contributed by atoms with Crippen LogP contribution in [-0.4, -0.2) is 11.1 Å². The molecule has 1 N–H and O–H groups in total. The summed E-state index contributed by atoms with van der Waals surface area (Å²) in [5.41, 5.74) is 1.13. The minimum Gasteiger partial charge on any atom is -0.478 e. The van der Waals surface area contributed by atoms with Gasteiger partial charge in [-0.2, -0.15) is 0 Å². The minimum absolute atomic E-state index is 0.0101. The lowest BCUT2D eigenvalue weighted by Gasteiger charge is -2.08. The van der Waals surface area contributed by atoms with Crippen LogP contribution in [0.3, 0.4) is 0 Å². The quantitative estimate of drug-likeness (QED) is 0.882. The Morgan fingerprint density at radius 1 is 1.06 bits per heavy atom. The van der Waals surface area contributed by atoms with Crippen molar-refractivity contribution in [2.24, 2.45) is 0 Å². The molecular weight excluding hydrogens is 278 g/mol. The van der Waals surface area contributed by atoms with Crippen molar-refractivity contribution in [1.82, 2.24) is 0 Å². The van der Waals surface area contributed by atoms with Gasteiger partial charge in [0.15, 0.2) is 0 Å². The average molecular weight is 285 g/mol. The first kappa shape index (κ1) is 12.9. The standard InChI is InChI=1S/C13H7Cl2FO2/c14-10-5-8(13(17)18)6-11(15)12(10)7-1-3-9(16)4-2-7/h1-6H,(H,17,18). The van der Waals surface area contributed by atoms with Gasteiger partial charge in [0.1, 0.15) is 5.82 Å². The molecule has 0 aliphatic carbocycles. The Labute approximate surface area is 113 Å². The molecule has 0 aromatic heterocycles. The predicted octanol–water partition coefficient (Wildman–Crippen LogP) is 4.50. The lowest BCUT2D eigenvalue weighted by Crippen LogP contribution is -1.97. The third kappa shape index (κ3) is 2.47. The lowest BCUT2D eigenvalue weighted by molar-refractivity contribution is 0.0697. The molecule has 5 heteroatoms. The van der Waals surface area contributed by atoms with Gasteiger partial charge in [0.25, 0.3) is 0 Å². The van der Waals surface area contributed by atoms with E-state index >= 15 is 0 Å². The fourth-order valence-corrected chi connectivity index (χ4v) is 2.29. The Kier molecular flexibility index (Phi) is 3.55. The SMILES string of the molecule is O=C(O)c1cc(Cl)c(-c2ccc(F)cc2)c(Cl)c1. The molecular formula is C13H7Cl2FO2. The zero-order valence-electron chi connectivity index (χ0n) is 8.95. The predicted molar refractivity (Wildman–Crippen MR) is 68.8 cm³/mol. The van der Waals surface area contributed by atoms with Crippen LogP contribution in [0.5, 0.6) is 0 Å². The summed E-state index contributed by atoms with van der Waals surface area (Å²) in [5, 5.41) is 9.29. The van der Waals surface area contributed by atoms with Crippen LogP contribution in [-0.2, 0) is 0 Å². The Bertz CT molecular complexity index is 586. The van der Waals surface area contributed by atoms with Gasteiger partial charge >= 0.3 is 5.97 Å². The van der Waals surface area contributed by atoms with Gasteiger partial charge in [-0.05, 0) is 29.8 Å². The fourth-order valence-electron chi connectivity index (χ4n) is 1.59. The number of halogens is 3. The summed E-state index contributed by atoms with van der Waals surface area (Å²) in [6.07, 6.45) is 0. The van der Waals surface area contributed by atoms with Gasteiger partial charge in [-0.1, -0.05) is 35.3 Å². The summed E-state index contributed by atoms with van der Waals surface area (Å²) in [5.74, 6) is -1.47. The highest BCUT2D eigenvalue weighted by Crippen LogP contribution is 2.35. The van der Waals surface area contributed by atoms with Crippen molar-refractivity contribution < 1.29 is 14.3 Å². The summed E-state index contributed by atoms with van der Waals surface area (Å²) in [7, 11) is 0. The van der Waals surface area contributed by atoms with Crippen LogP contribution in [0.15, 0.2) is 36.4 Å². The highest BCUT2D eigenvalue weighted by molar-refractivity contribution is 6.39. The van der Waals surface area contributed by atoms with Crippen molar-refractivity contribution >= 4 is 29.2 Å². The first-order chi connectivity index (χ1) is 8.49. The zero-order chi connectivity index (χ0) is 13.3. The molecule has 0 atom stereocenters. The van der Waals surface area contributed by atoms with E-state index in [1.165, 1.54) is 36.4 Å². The Hall–Kier alpha value is -1.58. The Morgan fingerprint density at radius 3 is 2.00 bits per heavy atom. The maximum atomic E-state index is 12.8. The van der Waals surface area contributed by atoms with E-state index in [0.717, 1.165) is 0 Å². The van der Waals surface area contributed by atoms with Crippen molar-refractivity contribution in [2.75, 3.05) is 0 Å². The number of benzene rings is 2. The molecule has 0 unspecified atom stereocenters. The summed E-state index contributed by atoms with van der Waals surface area (Å²) in [6.45, 7) is 0. The molecule has 0 bridgehead atoms. The van der Waals surface area contributed by atoms with Gasteiger partial charge in [-0.15, -0.1) is 0 Å². The molecule has 0 amide bonds. The van der Waals surface area contributed by atoms with Gasteiger partial charge in [-0.25, -0.2) is 9.18 Å². The van der Waals surface area contributed by atoms with E-state index in [2.05, 4.69) is 0 Å². The second kappa shape index (κ2) is 4.96. The molecule has 2 rings (SSSR count). The maximum absolute atomic E-state index is 12.8. The first-order valence-electron chi connectivity index (χ1n) is 4.97.